The number of aliphatic hydroxyl groups is 1. The number of carbonyl (C=O) groups excluding carboxylic acids is 1. The van der Waals surface area contributed by atoms with Crippen LogP contribution in [-0.2, 0) is 4.79 Å². The summed E-state index contributed by atoms with van der Waals surface area (Å²) in [6.45, 7) is 2.19. The van der Waals surface area contributed by atoms with Gasteiger partial charge in [-0.05, 0) is 32.1 Å². The number of fused-ring (bicyclic) bond motifs is 2. The van der Waals surface area contributed by atoms with Gasteiger partial charge in [0, 0.05) is 24.7 Å². The predicted octanol–water partition coefficient (Wildman–Crippen LogP) is 0.404. The first-order valence-electron chi connectivity index (χ1n) is 6.41. The molecular weight excluding hydrogens is 204 g/mol. The zero-order valence-corrected chi connectivity index (χ0v) is 9.91. The highest BCUT2D eigenvalue weighted by Gasteiger charge is 2.42. The average Bonchev–Trinajstić information content (AvgIpc) is 2.89. The van der Waals surface area contributed by atoms with E-state index in [1.165, 1.54) is 6.42 Å². The summed E-state index contributed by atoms with van der Waals surface area (Å²) in [5.41, 5.74) is 0. The second-order valence-corrected chi connectivity index (χ2v) is 5.02. The third kappa shape index (κ3) is 2.38. The van der Waals surface area contributed by atoms with Crippen molar-refractivity contribution in [3.8, 4) is 0 Å². The lowest BCUT2D eigenvalue weighted by Gasteiger charge is -2.23. The Hall–Kier alpha value is -0.610. The minimum atomic E-state index is 0.136. The Bertz CT molecular complexity index is 257. The minimum absolute atomic E-state index is 0.136. The Morgan fingerprint density at radius 2 is 2.38 bits per heavy atom. The molecule has 4 unspecified atom stereocenters. The molecule has 92 valence electrons. The number of hydrogen-bond acceptors (Lipinski definition) is 3. The van der Waals surface area contributed by atoms with Gasteiger partial charge in [0.15, 0.2) is 0 Å². The van der Waals surface area contributed by atoms with Crippen LogP contribution >= 0.6 is 0 Å². The molecule has 16 heavy (non-hydrogen) atoms. The molecule has 0 aromatic heterocycles. The van der Waals surface area contributed by atoms with Crippen LogP contribution in [0.3, 0.4) is 0 Å². The number of carbonyl (C=O) groups is 1. The van der Waals surface area contributed by atoms with E-state index in [4.69, 9.17) is 5.11 Å². The fraction of sp³-hybridized carbons (Fsp3) is 0.917. The monoisotopic (exact) mass is 226 g/mol. The number of amides is 1. The van der Waals surface area contributed by atoms with Crippen molar-refractivity contribution in [3.63, 3.8) is 0 Å². The van der Waals surface area contributed by atoms with Crippen LogP contribution in [0.15, 0.2) is 0 Å². The molecular formula is C12H22N2O2. The number of aliphatic hydroxyl groups excluding tert-OH is 1. The summed E-state index contributed by atoms with van der Waals surface area (Å²) in [5, 5.41) is 15.4. The highest BCUT2D eigenvalue weighted by molar-refractivity contribution is 5.80. The van der Waals surface area contributed by atoms with E-state index in [0.29, 0.717) is 18.5 Å². The fourth-order valence-corrected chi connectivity index (χ4v) is 2.96. The Morgan fingerprint density at radius 1 is 1.56 bits per heavy atom. The molecule has 0 aliphatic carbocycles. The van der Waals surface area contributed by atoms with E-state index in [2.05, 4.69) is 10.6 Å². The zero-order valence-electron chi connectivity index (χ0n) is 9.91. The number of nitrogens with one attached hydrogen (secondary N) is 2. The van der Waals surface area contributed by atoms with Crippen molar-refractivity contribution in [1.29, 1.82) is 0 Å². The van der Waals surface area contributed by atoms with Gasteiger partial charge in [0.1, 0.15) is 0 Å². The summed E-state index contributed by atoms with van der Waals surface area (Å²) in [5.74, 6) is 0.339. The molecule has 4 nitrogen and oxygen atoms in total. The maximum absolute atomic E-state index is 12.0. The molecule has 2 heterocycles. The van der Waals surface area contributed by atoms with E-state index >= 15 is 0 Å². The third-order valence-corrected chi connectivity index (χ3v) is 3.95. The van der Waals surface area contributed by atoms with Crippen molar-refractivity contribution >= 4 is 5.91 Å². The van der Waals surface area contributed by atoms with Crippen molar-refractivity contribution in [2.45, 2.75) is 57.2 Å². The predicted molar refractivity (Wildman–Crippen MR) is 62.0 cm³/mol. The molecule has 0 aromatic rings. The summed E-state index contributed by atoms with van der Waals surface area (Å²) in [6.07, 6.45) is 4.91. The molecule has 4 heteroatoms. The molecule has 2 aliphatic heterocycles. The summed E-state index contributed by atoms with van der Waals surface area (Å²) in [7, 11) is 0. The Morgan fingerprint density at radius 3 is 2.88 bits per heavy atom. The van der Waals surface area contributed by atoms with Crippen molar-refractivity contribution in [1.82, 2.24) is 10.6 Å². The van der Waals surface area contributed by atoms with Gasteiger partial charge in [-0.25, -0.2) is 0 Å². The van der Waals surface area contributed by atoms with Crippen LogP contribution in [-0.4, -0.2) is 35.7 Å². The Kier molecular flexibility index (Phi) is 3.82. The average molecular weight is 226 g/mol. The highest BCUT2D eigenvalue weighted by Crippen LogP contribution is 2.33. The summed E-state index contributed by atoms with van der Waals surface area (Å²) in [4.78, 5) is 12.0. The maximum Gasteiger partial charge on any atom is 0.224 e. The van der Waals surface area contributed by atoms with Gasteiger partial charge in [0.25, 0.3) is 0 Å². The van der Waals surface area contributed by atoms with Crippen LogP contribution in [0.25, 0.3) is 0 Å². The Balaban J connectivity index is 1.83. The molecule has 3 N–H and O–H groups in total. The van der Waals surface area contributed by atoms with Crippen LogP contribution in [0.2, 0.25) is 0 Å². The number of hydrogen-bond donors (Lipinski definition) is 3. The van der Waals surface area contributed by atoms with Gasteiger partial charge in [-0.15, -0.1) is 0 Å². The standard InChI is InChI=1S/C12H22N2O2/c1-2-8(5-6-15)14-12(16)10-7-9-3-4-11(10)13-9/h8-11,13,15H,2-7H2,1H3,(H,14,16). The molecule has 2 saturated heterocycles. The highest BCUT2D eigenvalue weighted by atomic mass is 16.3. The van der Waals surface area contributed by atoms with Crippen LogP contribution in [0, 0.1) is 5.92 Å². The third-order valence-electron chi connectivity index (χ3n) is 3.95. The molecule has 0 radical (unpaired) electrons. The quantitative estimate of drug-likeness (QED) is 0.636. The van der Waals surface area contributed by atoms with E-state index in [0.717, 1.165) is 19.3 Å². The van der Waals surface area contributed by atoms with Gasteiger partial charge in [0.2, 0.25) is 5.91 Å². The molecule has 0 aromatic carbocycles. The first-order valence-corrected chi connectivity index (χ1v) is 6.41. The van der Waals surface area contributed by atoms with Gasteiger partial charge >= 0.3 is 0 Å². The van der Waals surface area contributed by atoms with Crippen molar-refractivity contribution in [2.24, 2.45) is 5.92 Å². The van der Waals surface area contributed by atoms with E-state index in [9.17, 15) is 4.79 Å². The lowest BCUT2D eigenvalue weighted by molar-refractivity contribution is -0.126. The lowest BCUT2D eigenvalue weighted by Crippen LogP contribution is -2.42. The summed E-state index contributed by atoms with van der Waals surface area (Å²) < 4.78 is 0. The molecule has 2 rings (SSSR count). The van der Waals surface area contributed by atoms with Crippen LogP contribution in [0.5, 0.6) is 0 Å². The smallest absolute Gasteiger partial charge is 0.224 e. The van der Waals surface area contributed by atoms with E-state index < -0.39 is 0 Å². The molecule has 2 fully saturated rings. The number of rotatable bonds is 5. The van der Waals surface area contributed by atoms with Gasteiger partial charge in [-0.3, -0.25) is 4.79 Å². The lowest BCUT2D eigenvalue weighted by atomic mass is 9.88. The van der Waals surface area contributed by atoms with E-state index in [1.54, 1.807) is 0 Å². The second kappa shape index (κ2) is 5.15. The molecule has 1 amide bonds. The van der Waals surface area contributed by atoms with Crippen LogP contribution < -0.4 is 10.6 Å². The van der Waals surface area contributed by atoms with Crippen molar-refractivity contribution < 1.29 is 9.90 Å². The molecule has 2 aliphatic rings. The fourth-order valence-electron chi connectivity index (χ4n) is 2.96. The second-order valence-electron chi connectivity index (χ2n) is 5.02. The topological polar surface area (TPSA) is 61.4 Å². The molecule has 2 bridgehead atoms. The first-order chi connectivity index (χ1) is 7.74. The van der Waals surface area contributed by atoms with Crippen molar-refractivity contribution in [2.75, 3.05) is 6.61 Å². The normalized spacial score (nSPS) is 34.0. The van der Waals surface area contributed by atoms with E-state index in [1.807, 2.05) is 6.92 Å². The largest absolute Gasteiger partial charge is 0.396 e. The van der Waals surface area contributed by atoms with Gasteiger partial charge in [0.05, 0.1) is 5.92 Å². The van der Waals surface area contributed by atoms with Crippen LogP contribution in [0.1, 0.15) is 39.0 Å². The van der Waals surface area contributed by atoms with E-state index in [-0.39, 0.29) is 24.5 Å². The van der Waals surface area contributed by atoms with Gasteiger partial charge in [-0.2, -0.15) is 0 Å². The summed E-state index contributed by atoms with van der Waals surface area (Å²) in [6, 6.07) is 1.10. The molecule has 0 saturated carbocycles. The first kappa shape index (κ1) is 11.9. The summed E-state index contributed by atoms with van der Waals surface area (Å²) >= 11 is 0. The molecule has 4 atom stereocenters. The SMILES string of the molecule is CCC(CCO)NC(=O)C1CC2CCC1N2. The maximum atomic E-state index is 12.0. The Labute approximate surface area is 96.8 Å². The minimum Gasteiger partial charge on any atom is -0.396 e. The van der Waals surface area contributed by atoms with Crippen molar-refractivity contribution in [3.05, 3.63) is 0 Å². The van der Waals surface area contributed by atoms with Gasteiger partial charge < -0.3 is 15.7 Å². The van der Waals surface area contributed by atoms with Crippen LogP contribution in [0.4, 0.5) is 0 Å². The van der Waals surface area contributed by atoms with Gasteiger partial charge in [-0.1, -0.05) is 6.92 Å². The zero-order chi connectivity index (χ0) is 11.5. The molecule has 0 spiro atoms.